The van der Waals surface area contributed by atoms with E-state index in [1.165, 1.54) is 11.4 Å². The van der Waals surface area contributed by atoms with Gasteiger partial charge in [-0.05, 0) is 6.07 Å². The number of rotatable bonds is 1. The number of thiophene rings is 1. The van der Waals surface area contributed by atoms with E-state index in [2.05, 4.69) is 0 Å². The molecule has 0 bridgehead atoms. The van der Waals surface area contributed by atoms with Crippen LogP contribution in [-0.4, -0.2) is 14.7 Å². The van der Waals surface area contributed by atoms with Crippen LogP contribution in [0.2, 0.25) is 0 Å². The molecule has 0 aliphatic carbocycles. The van der Waals surface area contributed by atoms with Gasteiger partial charge in [0.2, 0.25) is 0 Å². The average Bonchev–Trinajstić information content (AvgIpc) is 2.32. The molecule has 0 aliphatic heterocycles. The molecule has 1 aromatic heterocycles. The van der Waals surface area contributed by atoms with E-state index in [4.69, 9.17) is 5.26 Å². The maximum atomic E-state index is 10.9. The zero-order valence-corrected chi connectivity index (χ0v) is 7.37. The lowest BCUT2D eigenvalue weighted by atomic mass is 10.4. The van der Waals surface area contributed by atoms with E-state index in [0.29, 0.717) is 5.56 Å². The van der Waals surface area contributed by atoms with E-state index in [9.17, 15) is 8.42 Å². The summed E-state index contributed by atoms with van der Waals surface area (Å²) in [6, 6.07) is 3.24. The number of nitrogens with zero attached hydrogens (tertiary/aromatic N) is 1. The van der Waals surface area contributed by atoms with Crippen molar-refractivity contribution in [3.05, 3.63) is 17.0 Å². The van der Waals surface area contributed by atoms with Crippen molar-refractivity contribution < 1.29 is 8.42 Å². The van der Waals surface area contributed by atoms with Crippen molar-refractivity contribution in [1.29, 1.82) is 5.26 Å². The molecule has 0 radical (unpaired) electrons. The maximum Gasteiger partial charge on any atom is 0.184 e. The summed E-state index contributed by atoms with van der Waals surface area (Å²) in [7, 11) is -3.12. The molecule has 0 saturated carbocycles. The van der Waals surface area contributed by atoms with Crippen molar-refractivity contribution in [2.45, 2.75) is 4.21 Å². The van der Waals surface area contributed by atoms with Crippen molar-refractivity contribution >= 4 is 21.2 Å². The van der Waals surface area contributed by atoms with Gasteiger partial charge in [0, 0.05) is 11.6 Å². The van der Waals surface area contributed by atoms with Crippen LogP contribution >= 0.6 is 11.3 Å². The first kappa shape index (κ1) is 8.24. The molecular formula is C6H5NO2S2. The third kappa shape index (κ3) is 1.79. The summed E-state index contributed by atoms with van der Waals surface area (Å²) in [5.74, 6) is 0. The van der Waals surface area contributed by atoms with Crippen LogP contribution in [0.25, 0.3) is 0 Å². The molecule has 1 aromatic rings. The number of hydrogen-bond acceptors (Lipinski definition) is 4. The van der Waals surface area contributed by atoms with Gasteiger partial charge in [-0.3, -0.25) is 0 Å². The van der Waals surface area contributed by atoms with Crippen molar-refractivity contribution in [2.75, 3.05) is 6.26 Å². The Labute approximate surface area is 68.8 Å². The summed E-state index contributed by atoms with van der Waals surface area (Å²) < 4.78 is 22.0. The minimum atomic E-state index is -3.12. The molecule has 5 heteroatoms. The number of nitriles is 1. The summed E-state index contributed by atoms with van der Waals surface area (Å²) in [4.78, 5) is 0. The SMILES string of the molecule is CS(=O)(=O)c1cc(C#N)cs1. The third-order valence-corrected chi connectivity index (χ3v) is 3.84. The summed E-state index contributed by atoms with van der Waals surface area (Å²) in [6.45, 7) is 0. The van der Waals surface area contributed by atoms with Gasteiger partial charge in [-0.2, -0.15) is 5.26 Å². The van der Waals surface area contributed by atoms with E-state index in [-0.39, 0.29) is 4.21 Å². The molecule has 0 amide bonds. The second-order valence-corrected chi connectivity index (χ2v) is 5.19. The molecule has 3 nitrogen and oxygen atoms in total. The molecule has 0 N–H and O–H groups in total. The van der Waals surface area contributed by atoms with Crippen LogP contribution in [0.5, 0.6) is 0 Å². The summed E-state index contributed by atoms with van der Waals surface area (Å²) >= 11 is 1.07. The average molecular weight is 187 g/mol. The second kappa shape index (κ2) is 2.64. The maximum absolute atomic E-state index is 10.9. The van der Waals surface area contributed by atoms with Crippen molar-refractivity contribution in [3.8, 4) is 6.07 Å². The molecule has 0 saturated heterocycles. The largest absolute Gasteiger partial charge is 0.223 e. The standard InChI is InChI=1S/C6H5NO2S2/c1-11(8,9)6-2-5(3-7)4-10-6/h2,4H,1H3. The Bertz CT molecular complexity index is 396. The van der Waals surface area contributed by atoms with Crippen LogP contribution in [0.3, 0.4) is 0 Å². The van der Waals surface area contributed by atoms with Gasteiger partial charge < -0.3 is 0 Å². The van der Waals surface area contributed by atoms with Crippen LogP contribution in [0.4, 0.5) is 0 Å². The lowest BCUT2D eigenvalue weighted by Gasteiger charge is -1.86. The molecule has 0 atom stereocenters. The predicted molar refractivity (Wildman–Crippen MR) is 42.1 cm³/mol. The van der Waals surface area contributed by atoms with Crippen LogP contribution < -0.4 is 0 Å². The van der Waals surface area contributed by atoms with Crippen LogP contribution in [0.1, 0.15) is 5.56 Å². The van der Waals surface area contributed by atoms with Crippen molar-refractivity contribution in [3.63, 3.8) is 0 Å². The Morgan fingerprint density at radius 1 is 1.64 bits per heavy atom. The Morgan fingerprint density at radius 2 is 2.27 bits per heavy atom. The van der Waals surface area contributed by atoms with Gasteiger partial charge in [0.15, 0.2) is 9.84 Å². The van der Waals surface area contributed by atoms with Crippen molar-refractivity contribution in [2.24, 2.45) is 0 Å². The molecule has 1 heterocycles. The zero-order valence-electron chi connectivity index (χ0n) is 5.73. The van der Waals surface area contributed by atoms with Gasteiger partial charge >= 0.3 is 0 Å². The van der Waals surface area contributed by atoms with E-state index in [1.807, 2.05) is 6.07 Å². The van der Waals surface area contributed by atoms with Gasteiger partial charge in [-0.15, -0.1) is 11.3 Å². The molecule has 1 rings (SSSR count). The van der Waals surface area contributed by atoms with Crippen LogP contribution in [0, 0.1) is 11.3 Å². The molecule has 58 valence electrons. The Morgan fingerprint density at radius 3 is 2.55 bits per heavy atom. The highest BCUT2D eigenvalue weighted by Gasteiger charge is 2.09. The lowest BCUT2D eigenvalue weighted by molar-refractivity contribution is 0.604. The third-order valence-electron chi connectivity index (χ3n) is 1.07. The molecule has 0 aromatic carbocycles. The first-order valence-corrected chi connectivity index (χ1v) is 5.50. The molecule has 0 fully saturated rings. The fourth-order valence-electron chi connectivity index (χ4n) is 0.570. The lowest BCUT2D eigenvalue weighted by Crippen LogP contribution is -1.92. The first-order chi connectivity index (χ1) is 5.04. The highest BCUT2D eigenvalue weighted by molar-refractivity contribution is 7.92. The zero-order chi connectivity index (χ0) is 8.48. The molecule has 0 spiro atoms. The second-order valence-electron chi connectivity index (χ2n) is 2.04. The van der Waals surface area contributed by atoms with E-state index >= 15 is 0 Å². The summed E-state index contributed by atoms with van der Waals surface area (Å²) in [5, 5.41) is 9.90. The van der Waals surface area contributed by atoms with Crippen LogP contribution in [0.15, 0.2) is 15.7 Å². The monoisotopic (exact) mass is 187 g/mol. The van der Waals surface area contributed by atoms with Gasteiger partial charge in [-0.25, -0.2) is 8.42 Å². The molecule has 11 heavy (non-hydrogen) atoms. The van der Waals surface area contributed by atoms with Gasteiger partial charge in [0.1, 0.15) is 10.3 Å². The molecule has 0 unspecified atom stereocenters. The topological polar surface area (TPSA) is 57.9 Å². The predicted octanol–water partition coefficient (Wildman–Crippen LogP) is 1.02. The summed E-state index contributed by atoms with van der Waals surface area (Å²) in [5.41, 5.74) is 0.399. The van der Waals surface area contributed by atoms with Gasteiger partial charge in [0.25, 0.3) is 0 Å². The Balaban J connectivity index is 3.22. The van der Waals surface area contributed by atoms with E-state index in [1.54, 1.807) is 0 Å². The van der Waals surface area contributed by atoms with E-state index in [0.717, 1.165) is 17.6 Å². The number of sulfone groups is 1. The molecular weight excluding hydrogens is 182 g/mol. The van der Waals surface area contributed by atoms with Crippen LogP contribution in [-0.2, 0) is 9.84 Å². The minimum absolute atomic E-state index is 0.244. The first-order valence-electron chi connectivity index (χ1n) is 2.73. The fraction of sp³-hybridized carbons (Fsp3) is 0.167. The highest BCUT2D eigenvalue weighted by Crippen LogP contribution is 2.18. The normalized spacial score (nSPS) is 10.9. The number of hydrogen-bond donors (Lipinski definition) is 0. The quantitative estimate of drug-likeness (QED) is 0.659. The molecule has 0 aliphatic rings. The van der Waals surface area contributed by atoms with Gasteiger partial charge in [-0.1, -0.05) is 0 Å². The Hall–Kier alpha value is -0.860. The van der Waals surface area contributed by atoms with Gasteiger partial charge in [0.05, 0.1) is 5.56 Å². The smallest absolute Gasteiger partial charge is 0.184 e. The fourth-order valence-corrected chi connectivity index (χ4v) is 2.31. The highest BCUT2D eigenvalue weighted by atomic mass is 32.2. The summed E-state index contributed by atoms with van der Waals surface area (Å²) in [6.07, 6.45) is 1.12. The Kier molecular flexibility index (Phi) is 1.98. The van der Waals surface area contributed by atoms with E-state index < -0.39 is 9.84 Å². The van der Waals surface area contributed by atoms with Crippen molar-refractivity contribution in [1.82, 2.24) is 0 Å². The minimum Gasteiger partial charge on any atom is -0.223 e.